The summed E-state index contributed by atoms with van der Waals surface area (Å²) in [6, 6.07) is 3.19. The molecule has 0 atom stereocenters. The number of anilines is 1. The van der Waals surface area contributed by atoms with Gasteiger partial charge in [-0.2, -0.15) is 0 Å². The van der Waals surface area contributed by atoms with Gasteiger partial charge in [0, 0.05) is 8.59 Å². The molecule has 66 valence electrons. The number of hydrogen-bond donors (Lipinski definition) is 1. The molecule has 0 bridgehead atoms. The van der Waals surface area contributed by atoms with Crippen molar-refractivity contribution in [2.75, 3.05) is 5.32 Å². The van der Waals surface area contributed by atoms with E-state index in [1.165, 1.54) is 6.07 Å². The first-order valence-electron chi connectivity index (χ1n) is 3.44. The monoisotopic (exact) mass is 307 g/mol. The Hall–Kier alpha value is -0.620. The van der Waals surface area contributed by atoms with E-state index in [0.717, 1.165) is 3.57 Å². The van der Waals surface area contributed by atoms with Crippen LogP contribution in [-0.2, 0) is 4.79 Å². The molecule has 3 nitrogen and oxygen atoms in total. The van der Waals surface area contributed by atoms with Crippen LogP contribution in [0.1, 0.15) is 10.4 Å². The summed E-state index contributed by atoms with van der Waals surface area (Å²) in [6.45, 7) is 0. The van der Waals surface area contributed by atoms with Gasteiger partial charge in [-0.3, -0.25) is 9.59 Å². The molecule has 0 aromatic heterocycles. The Morgan fingerprint density at radius 3 is 2.69 bits per heavy atom. The van der Waals surface area contributed by atoms with Crippen LogP contribution in [0.25, 0.3) is 0 Å². The standard InChI is InChI=1S/C8H3ClINO2/c9-3-1-4-6(5(10)2-3)11-8(13)7(4)12/h1-2H,(H,11,12,13). The van der Waals surface area contributed by atoms with Gasteiger partial charge in [0.25, 0.3) is 11.7 Å². The third kappa shape index (κ3) is 1.34. The minimum atomic E-state index is -0.588. The van der Waals surface area contributed by atoms with Crippen molar-refractivity contribution in [3.8, 4) is 0 Å². The summed E-state index contributed by atoms with van der Waals surface area (Å²) in [7, 11) is 0. The smallest absolute Gasteiger partial charge is 0.296 e. The van der Waals surface area contributed by atoms with Gasteiger partial charge in [-0.15, -0.1) is 0 Å². The SMILES string of the molecule is O=C1Nc2c(I)cc(Cl)cc2C1=O. The molecule has 5 heteroatoms. The van der Waals surface area contributed by atoms with Crippen LogP contribution in [0.15, 0.2) is 12.1 Å². The van der Waals surface area contributed by atoms with E-state index in [4.69, 9.17) is 11.6 Å². The van der Waals surface area contributed by atoms with Gasteiger partial charge >= 0.3 is 0 Å². The van der Waals surface area contributed by atoms with Crippen LogP contribution in [0.4, 0.5) is 5.69 Å². The number of fused-ring (bicyclic) bond motifs is 1. The molecule has 1 aromatic rings. The van der Waals surface area contributed by atoms with Gasteiger partial charge in [0.2, 0.25) is 0 Å². The minimum Gasteiger partial charge on any atom is -0.317 e. The summed E-state index contributed by atoms with van der Waals surface area (Å²) in [4.78, 5) is 22.2. The van der Waals surface area contributed by atoms with Gasteiger partial charge in [-0.25, -0.2) is 0 Å². The Balaban J connectivity index is 2.70. The number of nitrogens with one attached hydrogen (secondary N) is 1. The summed E-state index contributed by atoms with van der Waals surface area (Å²) >= 11 is 7.77. The van der Waals surface area contributed by atoms with Crippen molar-refractivity contribution in [1.82, 2.24) is 0 Å². The zero-order valence-electron chi connectivity index (χ0n) is 6.23. The Morgan fingerprint density at radius 1 is 1.31 bits per heavy atom. The molecule has 1 N–H and O–H groups in total. The second-order valence-electron chi connectivity index (χ2n) is 2.59. The number of benzene rings is 1. The molecule has 0 saturated heterocycles. The predicted molar refractivity (Wildman–Crippen MR) is 57.1 cm³/mol. The molecule has 0 radical (unpaired) electrons. The quantitative estimate of drug-likeness (QED) is 0.589. The van der Waals surface area contributed by atoms with Crippen molar-refractivity contribution in [2.45, 2.75) is 0 Å². The lowest BCUT2D eigenvalue weighted by Crippen LogP contribution is -2.12. The zero-order valence-corrected chi connectivity index (χ0v) is 9.14. The summed E-state index contributed by atoms with van der Waals surface area (Å²) < 4.78 is 0.777. The molecule has 1 heterocycles. The molecule has 0 spiro atoms. The topological polar surface area (TPSA) is 46.2 Å². The number of halogens is 2. The summed E-state index contributed by atoms with van der Waals surface area (Å²) in [5.41, 5.74) is 0.932. The molecule has 2 rings (SSSR count). The molecule has 1 aromatic carbocycles. The van der Waals surface area contributed by atoms with Crippen molar-refractivity contribution in [3.05, 3.63) is 26.3 Å². The molecular weight excluding hydrogens is 304 g/mol. The highest BCUT2D eigenvalue weighted by molar-refractivity contribution is 14.1. The Kier molecular flexibility index (Phi) is 2.03. The molecule has 0 saturated carbocycles. The van der Waals surface area contributed by atoms with Gasteiger partial charge in [0.15, 0.2) is 0 Å². The summed E-state index contributed by atoms with van der Waals surface area (Å²) in [6.07, 6.45) is 0. The van der Waals surface area contributed by atoms with Gasteiger partial charge in [0.05, 0.1) is 11.3 Å². The van der Waals surface area contributed by atoms with E-state index < -0.39 is 11.7 Å². The maximum Gasteiger partial charge on any atom is 0.296 e. The van der Waals surface area contributed by atoms with E-state index in [9.17, 15) is 9.59 Å². The number of rotatable bonds is 0. The highest BCUT2D eigenvalue weighted by Crippen LogP contribution is 2.31. The second-order valence-corrected chi connectivity index (χ2v) is 4.19. The average molecular weight is 307 g/mol. The molecule has 0 fully saturated rings. The molecular formula is C8H3ClINO2. The normalized spacial score (nSPS) is 14.3. The summed E-state index contributed by atoms with van der Waals surface area (Å²) in [5, 5.41) is 2.95. The number of hydrogen-bond acceptors (Lipinski definition) is 2. The maximum atomic E-state index is 11.2. The predicted octanol–water partition coefficient (Wildman–Crippen LogP) is 2.08. The fourth-order valence-electron chi connectivity index (χ4n) is 1.17. The Bertz CT molecular complexity index is 430. The van der Waals surface area contributed by atoms with E-state index in [0.29, 0.717) is 16.3 Å². The highest BCUT2D eigenvalue weighted by Gasteiger charge is 2.29. The van der Waals surface area contributed by atoms with Crippen LogP contribution in [0, 0.1) is 3.57 Å². The van der Waals surface area contributed by atoms with Crippen molar-refractivity contribution < 1.29 is 9.59 Å². The highest BCUT2D eigenvalue weighted by atomic mass is 127. The van der Waals surface area contributed by atoms with Crippen LogP contribution < -0.4 is 5.32 Å². The lowest BCUT2D eigenvalue weighted by atomic mass is 10.1. The number of Topliss-reactive ketones (excluding diaryl/α,β-unsaturated/α-hetero) is 1. The van der Waals surface area contributed by atoms with Crippen LogP contribution in [0.2, 0.25) is 5.02 Å². The fraction of sp³-hybridized carbons (Fsp3) is 0. The van der Waals surface area contributed by atoms with Gasteiger partial charge in [-0.1, -0.05) is 11.6 Å². The largest absolute Gasteiger partial charge is 0.317 e. The molecule has 1 aliphatic rings. The molecule has 1 amide bonds. The average Bonchev–Trinajstić information content (AvgIpc) is 2.32. The minimum absolute atomic E-state index is 0.363. The molecule has 0 unspecified atom stereocenters. The zero-order chi connectivity index (χ0) is 9.59. The molecule has 13 heavy (non-hydrogen) atoms. The van der Waals surface area contributed by atoms with E-state index >= 15 is 0 Å². The lowest BCUT2D eigenvalue weighted by Gasteiger charge is -2.00. The van der Waals surface area contributed by atoms with Crippen LogP contribution in [0.3, 0.4) is 0 Å². The van der Waals surface area contributed by atoms with E-state index in [2.05, 4.69) is 5.32 Å². The van der Waals surface area contributed by atoms with Crippen LogP contribution in [0.5, 0.6) is 0 Å². The van der Waals surface area contributed by atoms with Gasteiger partial charge in [-0.05, 0) is 34.7 Å². The number of amides is 1. The second kappa shape index (κ2) is 2.95. The molecule has 0 aliphatic carbocycles. The Labute approximate surface area is 92.6 Å². The van der Waals surface area contributed by atoms with Crippen molar-refractivity contribution >= 4 is 51.6 Å². The van der Waals surface area contributed by atoms with E-state index in [1.807, 2.05) is 22.6 Å². The van der Waals surface area contributed by atoms with Crippen LogP contribution in [-0.4, -0.2) is 11.7 Å². The lowest BCUT2D eigenvalue weighted by molar-refractivity contribution is -0.112. The fourth-order valence-corrected chi connectivity index (χ4v) is 2.34. The third-order valence-electron chi connectivity index (χ3n) is 1.74. The number of carbonyl (C=O) groups excluding carboxylic acids is 2. The van der Waals surface area contributed by atoms with Crippen molar-refractivity contribution in [3.63, 3.8) is 0 Å². The van der Waals surface area contributed by atoms with Crippen molar-refractivity contribution in [2.24, 2.45) is 0 Å². The maximum absolute atomic E-state index is 11.2. The first-order valence-corrected chi connectivity index (χ1v) is 4.90. The first kappa shape index (κ1) is 8.96. The Morgan fingerprint density at radius 2 is 2.00 bits per heavy atom. The van der Waals surface area contributed by atoms with Gasteiger partial charge in [0.1, 0.15) is 0 Å². The number of carbonyl (C=O) groups is 2. The van der Waals surface area contributed by atoms with E-state index in [1.54, 1.807) is 6.07 Å². The van der Waals surface area contributed by atoms with Crippen LogP contribution >= 0.6 is 34.2 Å². The summed E-state index contributed by atoms with van der Waals surface area (Å²) in [5.74, 6) is -1.11. The van der Waals surface area contributed by atoms with Crippen molar-refractivity contribution in [1.29, 1.82) is 0 Å². The number of ketones is 1. The third-order valence-corrected chi connectivity index (χ3v) is 2.81. The van der Waals surface area contributed by atoms with Gasteiger partial charge < -0.3 is 5.32 Å². The van der Waals surface area contributed by atoms with E-state index in [-0.39, 0.29) is 0 Å². The first-order chi connectivity index (χ1) is 6.09. The molecule has 1 aliphatic heterocycles.